The fourth-order valence-electron chi connectivity index (χ4n) is 1.30. The molecule has 1 aromatic heterocycles. The average molecular weight is 283 g/mol. The van der Waals surface area contributed by atoms with Gasteiger partial charge in [-0.05, 0) is 33.6 Å². The Morgan fingerprint density at radius 2 is 2.06 bits per heavy atom. The third-order valence-corrected chi connectivity index (χ3v) is 2.48. The zero-order valence-corrected chi connectivity index (χ0v) is 9.82. The lowest BCUT2D eigenvalue weighted by atomic mass is 10.1. The molecule has 2 aromatic rings. The largest absolute Gasteiger partial charge is 0.272 e. The lowest BCUT2D eigenvalue weighted by Gasteiger charge is -2.00. The van der Waals surface area contributed by atoms with Crippen LogP contribution in [0.2, 0.25) is 0 Å². The molecule has 3 nitrogen and oxygen atoms in total. The van der Waals surface area contributed by atoms with Crippen molar-refractivity contribution in [2.45, 2.75) is 6.42 Å². The first-order chi connectivity index (χ1) is 7.65. The van der Waals surface area contributed by atoms with Gasteiger partial charge in [0.15, 0.2) is 0 Å². The number of hydrogen-bond acceptors (Lipinski definition) is 2. The topological polar surface area (TPSA) is 34.9 Å². The second-order valence-electron chi connectivity index (χ2n) is 3.30. The van der Waals surface area contributed by atoms with E-state index in [4.69, 9.17) is 0 Å². The van der Waals surface area contributed by atoms with Crippen molar-refractivity contribution in [1.82, 2.24) is 9.78 Å². The Bertz CT molecular complexity index is 507. The van der Waals surface area contributed by atoms with Gasteiger partial charge >= 0.3 is 0 Å². The highest BCUT2D eigenvalue weighted by atomic mass is 79.9. The number of carbonyl (C=O) groups excluding carboxylic acids is 1. The van der Waals surface area contributed by atoms with E-state index < -0.39 is 0 Å². The van der Waals surface area contributed by atoms with Crippen molar-refractivity contribution in [3.63, 3.8) is 0 Å². The molecule has 0 spiro atoms. The summed E-state index contributed by atoms with van der Waals surface area (Å²) >= 11 is 3.21. The molecule has 0 aliphatic rings. The summed E-state index contributed by atoms with van der Waals surface area (Å²) in [6, 6.07) is 5.85. The van der Waals surface area contributed by atoms with Crippen molar-refractivity contribution in [1.29, 1.82) is 0 Å². The fourth-order valence-corrected chi connectivity index (χ4v) is 1.58. The molecular weight excluding hydrogens is 275 g/mol. The van der Waals surface area contributed by atoms with Gasteiger partial charge in [-0.1, -0.05) is 12.1 Å². The van der Waals surface area contributed by atoms with Crippen LogP contribution in [0.4, 0.5) is 4.39 Å². The highest BCUT2D eigenvalue weighted by molar-refractivity contribution is 9.10. The summed E-state index contributed by atoms with van der Waals surface area (Å²) in [5.41, 5.74) is 0.762. The first-order valence-electron chi connectivity index (χ1n) is 4.63. The van der Waals surface area contributed by atoms with Gasteiger partial charge < -0.3 is 0 Å². The second-order valence-corrected chi connectivity index (χ2v) is 4.22. The van der Waals surface area contributed by atoms with Crippen LogP contribution in [0, 0.1) is 5.82 Å². The Morgan fingerprint density at radius 1 is 1.38 bits per heavy atom. The number of aromatic nitrogens is 2. The predicted octanol–water partition coefficient (Wildman–Crippen LogP) is 2.67. The summed E-state index contributed by atoms with van der Waals surface area (Å²) in [6.07, 6.45) is 3.34. The molecule has 1 aromatic carbocycles. The minimum absolute atomic E-state index is 0.155. The molecule has 0 bridgehead atoms. The van der Waals surface area contributed by atoms with Crippen LogP contribution in [0.15, 0.2) is 41.1 Å². The number of carbonyl (C=O) groups is 1. The lowest BCUT2D eigenvalue weighted by molar-refractivity contribution is 0.0898. The smallest absolute Gasteiger partial charge is 0.251 e. The number of rotatable bonds is 2. The molecule has 0 saturated heterocycles. The van der Waals surface area contributed by atoms with Crippen LogP contribution in [0.5, 0.6) is 0 Å². The van der Waals surface area contributed by atoms with Crippen molar-refractivity contribution >= 4 is 21.8 Å². The van der Waals surface area contributed by atoms with E-state index in [0.717, 1.165) is 10.0 Å². The Hall–Kier alpha value is -1.49. The SMILES string of the molecule is O=C(Cc1ccc(F)cc1)n1cc(Br)cn1. The van der Waals surface area contributed by atoms with Gasteiger partial charge in [0.25, 0.3) is 5.91 Å². The molecule has 2 rings (SSSR count). The van der Waals surface area contributed by atoms with E-state index in [1.807, 2.05) is 0 Å². The van der Waals surface area contributed by atoms with Gasteiger partial charge in [-0.3, -0.25) is 4.79 Å². The van der Waals surface area contributed by atoms with E-state index in [1.54, 1.807) is 24.5 Å². The first-order valence-corrected chi connectivity index (χ1v) is 5.42. The molecule has 0 unspecified atom stereocenters. The van der Waals surface area contributed by atoms with E-state index in [2.05, 4.69) is 21.0 Å². The molecule has 82 valence electrons. The van der Waals surface area contributed by atoms with E-state index >= 15 is 0 Å². The molecule has 0 atom stereocenters. The average Bonchev–Trinajstić information content (AvgIpc) is 2.68. The molecule has 0 fully saturated rings. The minimum atomic E-state index is -0.307. The molecule has 0 saturated carbocycles. The molecular formula is C11H8BrFN2O. The zero-order chi connectivity index (χ0) is 11.5. The van der Waals surface area contributed by atoms with Crippen molar-refractivity contribution in [2.75, 3.05) is 0 Å². The van der Waals surface area contributed by atoms with Gasteiger partial charge in [-0.25, -0.2) is 9.07 Å². The van der Waals surface area contributed by atoms with E-state index in [0.29, 0.717) is 0 Å². The van der Waals surface area contributed by atoms with Crippen LogP contribution in [0.1, 0.15) is 10.4 Å². The van der Waals surface area contributed by atoms with Crippen molar-refractivity contribution in [3.05, 3.63) is 52.5 Å². The first kappa shape index (κ1) is 11.0. The van der Waals surface area contributed by atoms with Crippen LogP contribution in [0.3, 0.4) is 0 Å². The molecule has 16 heavy (non-hydrogen) atoms. The third kappa shape index (κ3) is 2.55. The molecule has 0 aliphatic carbocycles. The summed E-state index contributed by atoms with van der Waals surface area (Å²) in [4.78, 5) is 11.7. The Labute approximate surface area is 100 Å². The standard InChI is InChI=1S/C11H8BrFN2O/c12-9-6-14-15(7-9)11(16)5-8-1-3-10(13)4-2-8/h1-4,6-7H,5H2. The normalized spacial score (nSPS) is 10.4. The summed E-state index contributed by atoms with van der Waals surface area (Å²) < 4.78 is 14.6. The monoisotopic (exact) mass is 282 g/mol. The summed E-state index contributed by atoms with van der Waals surface area (Å²) in [5.74, 6) is -0.463. The van der Waals surface area contributed by atoms with Gasteiger partial charge in [-0.2, -0.15) is 5.10 Å². The van der Waals surface area contributed by atoms with Crippen molar-refractivity contribution in [3.8, 4) is 0 Å². The summed E-state index contributed by atoms with van der Waals surface area (Å²) in [5, 5.41) is 3.88. The van der Waals surface area contributed by atoms with Gasteiger partial charge in [0.1, 0.15) is 5.82 Å². The Balaban J connectivity index is 2.10. The predicted molar refractivity (Wildman–Crippen MR) is 60.7 cm³/mol. The Kier molecular flexibility index (Phi) is 3.14. The van der Waals surface area contributed by atoms with Gasteiger partial charge in [0.05, 0.1) is 17.1 Å². The molecule has 0 amide bonds. The number of benzene rings is 1. The number of nitrogens with zero attached hydrogens (tertiary/aromatic N) is 2. The fraction of sp³-hybridized carbons (Fsp3) is 0.0909. The number of halogens is 2. The highest BCUT2D eigenvalue weighted by Gasteiger charge is 2.07. The quantitative estimate of drug-likeness (QED) is 0.849. The maximum atomic E-state index is 12.6. The second kappa shape index (κ2) is 4.57. The maximum Gasteiger partial charge on any atom is 0.251 e. The minimum Gasteiger partial charge on any atom is -0.272 e. The van der Waals surface area contributed by atoms with Gasteiger partial charge in [0.2, 0.25) is 0 Å². The van der Waals surface area contributed by atoms with Crippen LogP contribution in [-0.2, 0) is 6.42 Å². The van der Waals surface area contributed by atoms with E-state index in [-0.39, 0.29) is 18.1 Å². The van der Waals surface area contributed by atoms with E-state index in [1.165, 1.54) is 16.8 Å². The molecule has 0 aliphatic heterocycles. The molecule has 0 radical (unpaired) electrons. The highest BCUT2D eigenvalue weighted by Crippen LogP contribution is 2.08. The van der Waals surface area contributed by atoms with Crippen LogP contribution in [-0.4, -0.2) is 15.7 Å². The Morgan fingerprint density at radius 3 is 2.62 bits per heavy atom. The lowest BCUT2D eigenvalue weighted by Crippen LogP contribution is -2.13. The van der Waals surface area contributed by atoms with E-state index in [9.17, 15) is 9.18 Å². The zero-order valence-electron chi connectivity index (χ0n) is 8.23. The van der Waals surface area contributed by atoms with Crippen LogP contribution in [0.25, 0.3) is 0 Å². The number of hydrogen-bond donors (Lipinski definition) is 0. The maximum absolute atomic E-state index is 12.6. The molecule has 1 heterocycles. The van der Waals surface area contributed by atoms with Gasteiger partial charge in [0, 0.05) is 6.20 Å². The van der Waals surface area contributed by atoms with Crippen molar-refractivity contribution in [2.24, 2.45) is 0 Å². The summed E-state index contributed by atoms with van der Waals surface area (Å²) in [6.45, 7) is 0. The molecule has 0 N–H and O–H groups in total. The third-order valence-electron chi connectivity index (χ3n) is 2.08. The van der Waals surface area contributed by atoms with Gasteiger partial charge in [-0.15, -0.1) is 0 Å². The van der Waals surface area contributed by atoms with Crippen LogP contribution < -0.4 is 0 Å². The molecule has 5 heteroatoms. The van der Waals surface area contributed by atoms with Crippen LogP contribution >= 0.6 is 15.9 Å². The summed E-state index contributed by atoms with van der Waals surface area (Å²) in [7, 11) is 0. The van der Waals surface area contributed by atoms with Crippen molar-refractivity contribution < 1.29 is 9.18 Å².